The van der Waals surface area contributed by atoms with Crippen LogP contribution in [-0.2, 0) is 9.53 Å². The number of anilines is 1. The van der Waals surface area contributed by atoms with E-state index in [4.69, 9.17) is 4.74 Å². The van der Waals surface area contributed by atoms with Crippen LogP contribution in [0.5, 0.6) is 5.75 Å². The molecule has 0 spiro atoms. The average Bonchev–Trinajstić information content (AvgIpc) is 2.59. The van der Waals surface area contributed by atoms with Crippen LogP contribution >= 0.6 is 0 Å². The van der Waals surface area contributed by atoms with Gasteiger partial charge in [0.2, 0.25) is 0 Å². The molecule has 0 aliphatic heterocycles. The summed E-state index contributed by atoms with van der Waals surface area (Å²) in [6.45, 7) is -3.59. The summed E-state index contributed by atoms with van der Waals surface area (Å²) < 4.78 is 33.8. The number of benzene rings is 2. The molecule has 0 aliphatic rings. The zero-order valence-corrected chi connectivity index (χ0v) is 12.8. The molecule has 0 radical (unpaired) electrons. The van der Waals surface area contributed by atoms with Crippen LogP contribution in [0.15, 0.2) is 54.6 Å². The number of amides is 1. The topological polar surface area (TPSA) is 55.8 Å². The summed E-state index contributed by atoms with van der Waals surface area (Å²) in [6.07, 6.45) is 0. The van der Waals surface area contributed by atoms with Crippen molar-refractivity contribution in [1.29, 1.82) is 0 Å². The molecule has 24 heavy (non-hydrogen) atoms. The summed E-state index contributed by atoms with van der Waals surface area (Å²) in [5.74, 6) is -1.68. The first kappa shape index (κ1) is 17.4. The van der Waals surface area contributed by atoms with Crippen LogP contribution in [0.4, 0.5) is 14.5 Å². The van der Waals surface area contributed by atoms with Crippen molar-refractivity contribution in [1.82, 2.24) is 0 Å². The van der Waals surface area contributed by atoms with Gasteiger partial charge in [-0.1, -0.05) is 30.3 Å². The number of likely N-dealkylation sites (N-methyl/N-ethyl adjacent to an activating group) is 1. The molecule has 0 heterocycles. The lowest BCUT2D eigenvalue weighted by Gasteiger charge is -2.17. The van der Waals surface area contributed by atoms with Crippen LogP contribution < -0.4 is 9.64 Å². The van der Waals surface area contributed by atoms with E-state index in [0.29, 0.717) is 5.69 Å². The Morgan fingerprint density at radius 3 is 2.33 bits per heavy atom. The van der Waals surface area contributed by atoms with Crippen molar-refractivity contribution in [3.63, 3.8) is 0 Å². The minimum atomic E-state index is -3.07. The van der Waals surface area contributed by atoms with Gasteiger partial charge in [0, 0.05) is 12.7 Å². The maximum absolute atomic E-state index is 12.3. The van der Waals surface area contributed by atoms with Crippen molar-refractivity contribution in [2.24, 2.45) is 0 Å². The molecule has 2 aromatic carbocycles. The van der Waals surface area contributed by atoms with Crippen molar-refractivity contribution in [2.75, 3.05) is 18.6 Å². The second-order valence-electron chi connectivity index (χ2n) is 4.74. The third kappa shape index (κ3) is 4.52. The van der Waals surface area contributed by atoms with Crippen LogP contribution in [-0.4, -0.2) is 32.1 Å². The highest BCUT2D eigenvalue weighted by molar-refractivity contribution is 5.97. The van der Waals surface area contributed by atoms with Crippen LogP contribution in [0.3, 0.4) is 0 Å². The number of nitrogens with zero attached hydrogens (tertiary/aromatic N) is 1. The molecular weight excluding hydrogens is 320 g/mol. The second kappa shape index (κ2) is 8.05. The number of carbonyl (C=O) groups is 2. The van der Waals surface area contributed by atoms with Gasteiger partial charge in [-0.2, -0.15) is 8.78 Å². The summed E-state index contributed by atoms with van der Waals surface area (Å²) >= 11 is 0. The summed E-state index contributed by atoms with van der Waals surface area (Å²) in [6, 6.07) is 14.2. The molecule has 1 amide bonds. The lowest BCUT2D eigenvalue weighted by Crippen LogP contribution is -2.31. The molecule has 0 aliphatic carbocycles. The molecule has 0 saturated carbocycles. The minimum Gasteiger partial charge on any atom is -0.452 e. The van der Waals surface area contributed by atoms with Gasteiger partial charge in [-0.3, -0.25) is 4.79 Å². The van der Waals surface area contributed by atoms with Crippen molar-refractivity contribution in [3.05, 3.63) is 60.2 Å². The normalized spacial score (nSPS) is 10.3. The third-order valence-electron chi connectivity index (χ3n) is 3.17. The number of alkyl halides is 2. The zero-order chi connectivity index (χ0) is 17.5. The highest BCUT2D eigenvalue weighted by Gasteiger charge is 2.19. The van der Waals surface area contributed by atoms with Crippen molar-refractivity contribution >= 4 is 17.6 Å². The van der Waals surface area contributed by atoms with E-state index in [-0.39, 0.29) is 11.3 Å². The number of rotatable bonds is 6. The Morgan fingerprint density at radius 1 is 1.04 bits per heavy atom. The summed E-state index contributed by atoms with van der Waals surface area (Å²) in [5, 5.41) is 0. The Labute approximate surface area is 137 Å². The van der Waals surface area contributed by atoms with E-state index in [0.717, 1.165) is 0 Å². The van der Waals surface area contributed by atoms with Crippen molar-refractivity contribution in [2.45, 2.75) is 6.61 Å². The lowest BCUT2D eigenvalue weighted by molar-refractivity contribution is -0.121. The van der Waals surface area contributed by atoms with E-state index >= 15 is 0 Å². The first-order valence-electron chi connectivity index (χ1n) is 7.01. The van der Waals surface area contributed by atoms with Gasteiger partial charge in [-0.15, -0.1) is 0 Å². The molecule has 2 aromatic rings. The molecular formula is C17H15F2NO4. The number of hydrogen-bond donors (Lipinski definition) is 0. The van der Waals surface area contributed by atoms with Gasteiger partial charge in [-0.05, 0) is 24.3 Å². The van der Waals surface area contributed by atoms with E-state index in [1.165, 1.54) is 29.2 Å². The minimum absolute atomic E-state index is 0.173. The quantitative estimate of drug-likeness (QED) is 0.761. The number of ether oxygens (including phenoxy) is 2. The predicted octanol–water partition coefficient (Wildman–Crippen LogP) is 3.11. The molecule has 0 bridgehead atoms. The number of para-hydroxylation sites is 2. The SMILES string of the molecule is CN(C(=O)COC(=O)c1ccccc1OC(F)F)c1ccccc1. The highest BCUT2D eigenvalue weighted by Crippen LogP contribution is 2.21. The maximum Gasteiger partial charge on any atom is 0.387 e. The zero-order valence-electron chi connectivity index (χ0n) is 12.8. The average molecular weight is 335 g/mol. The van der Waals surface area contributed by atoms with E-state index in [1.807, 2.05) is 6.07 Å². The van der Waals surface area contributed by atoms with E-state index < -0.39 is 25.1 Å². The van der Waals surface area contributed by atoms with Crippen LogP contribution in [0.2, 0.25) is 0 Å². The molecule has 0 saturated heterocycles. The first-order chi connectivity index (χ1) is 11.5. The van der Waals surface area contributed by atoms with Crippen molar-refractivity contribution in [3.8, 4) is 5.75 Å². The standard InChI is InChI=1S/C17H15F2NO4/c1-20(12-7-3-2-4-8-12)15(21)11-23-16(22)13-9-5-6-10-14(13)24-17(18)19/h2-10,17H,11H2,1H3. The third-order valence-corrected chi connectivity index (χ3v) is 3.17. The lowest BCUT2D eigenvalue weighted by atomic mass is 10.2. The Balaban J connectivity index is 1.99. The van der Waals surface area contributed by atoms with E-state index in [1.54, 1.807) is 31.3 Å². The number of halogens is 2. The van der Waals surface area contributed by atoms with Gasteiger partial charge in [0.1, 0.15) is 11.3 Å². The number of carbonyl (C=O) groups excluding carboxylic acids is 2. The van der Waals surface area contributed by atoms with E-state index in [9.17, 15) is 18.4 Å². The molecule has 0 aromatic heterocycles. The Bertz CT molecular complexity index is 707. The predicted molar refractivity (Wildman–Crippen MR) is 83.2 cm³/mol. The molecule has 7 heteroatoms. The van der Waals surface area contributed by atoms with Gasteiger partial charge in [-0.25, -0.2) is 4.79 Å². The molecule has 5 nitrogen and oxygen atoms in total. The monoisotopic (exact) mass is 335 g/mol. The maximum atomic E-state index is 12.3. The second-order valence-corrected chi connectivity index (χ2v) is 4.74. The number of hydrogen-bond acceptors (Lipinski definition) is 4. The fraction of sp³-hybridized carbons (Fsp3) is 0.176. The van der Waals surface area contributed by atoms with Gasteiger partial charge in [0.15, 0.2) is 6.61 Å². The van der Waals surface area contributed by atoms with Crippen LogP contribution in [0.25, 0.3) is 0 Å². The molecule has 0 fully saturated rings. The highest BCUT2D eigenvalue weighted by atomic mass is 19.3. The fourth-order valence-electron chi connectivity index (χ4n) is 1.93. The van der Waals surface area contributed by atoms with Gasteiger partial charge >= 0.3 is 12.6 Å². The Kier molecular flexibility index (Phi) is 5.83. The Morgan fingerprint density at radius 2 is 1.67 bits per heavy atom. The summed E-state index contributed by atoms with van der Waals surface area (Å²) in [4.78, 5) is 25.4. The molecule has 2 rings (SSSR count). The summed E-state index contributed by atoms with van der Waals surface area (Å²) in [7, 11) is 1.54. The number of esters is 1. The molecule has 0 unspecified atom stereocenters. The Hall–Kier alpha value is -2.96. The van der Waals surface area contributed by atoms with Crippen molar-refractivity contribution < 1.29 is 27.8 Å². The smallest absolute Gasteiger partial charge is 0.387 e. The summed E-state index contributed by atoms with van der Waals surface area (Å²) in [5.41, 5.74) is 0.466. The van der Waals surface area contributed by atoms with E-state index in [2.05, 4.69) is 4.74 Å². The van der Waals surface area contributed by atoms with Gasteiger partial charge < -0.3 is 14.4 Å². The van der Waals surface area contributed by atoms with Gasteiger partial charge in [0.05, 0.1) is 0 Å². The first-order valence-corrected chi connectivity index (χ1v) is 7.01. The van der Waals surface area contributed by atoms with Crippen LogP contribution in [0, 0.1) is 0 Å². The van der Waals surface area contributed by atoms with Crippen LogP contribution in [0.1, 0.15) is 10.4 Å². The largest absolute Gasteiger partial charge is 0.452 e. The van der Waals surface area contributed by atoms with Gasteiger partial charge in [0.25, 0.3) is 5.91 Å². The molecule has 0 N–H and O–H groups in total. The molecule has 126 valence electrons. The molecule has 0 atom stereocenters. The fourth-order valence-corrected chi connectivity index (χ4v) is 1.93.